The molecule has 9 heavy (non-hydrogen) atoms. The first-order valence-electron chi connectivity index (χ1n) is 2.58. The van der Waals surface area contributed by atoms with Crippen molar-refractivity contribution in [2.75, 3.05) is 0 Å². The number of allylic oxidation sites excluding steroid dienone is 6. The predicted molar refractivity (Wildman–Crippen MR) is 46.5 cm³/mol. The SMILES string of the molecule is C=C/C=C\C=C(\Br)C=C. The predicted octanol–water partition coefficient (Wildman–Crippen LogP) is 3.19. The zero-order valence-corrected chi connectivity index (χ0v) is 6.76. The lowest BCUT2D eigenvalue weighted by molar-refractivity contribution is 1.88. The van der Waals surface area contributed by atoms with Gasteiger partial charge in [0.05, 0.1) is 0 Å². The van der Waals surface area contributed by atoms with Crippen LogP contribution in [0, 0.1) is 0 Å². The molecule has 1 heteroatoms. The Bertz CT molecular complexity index is 152. The van der Waals surface area contributed by atoms with E-state index in [4.69, 9.17) is 0 Å². The molecule has 0 aliphatic heterocycles. The average Bonchev–Trinajstić information content (AvgIpc) is 1.89. The molecule has 0 radical (unpaired) electrons. The van der Waals surface area contributed by atoms with Crippen LogP contribution < -0.4 is 0 Å². The Kier molecular flexibility index (Phi) is 5.23. The Morgan fingerprint density at radius 1 is 1.22 bits per heavy atom. The topological polar surface area (TPSA) is 0 Å². The van der Waals surface area contributed by atoms with Crippen molar-refractivity contribution >= 4 is 15.9 Å². The normalized spacial score (nSPS) is 11.9. The van der Waals surface area contributed by atoms with E-state index in [1.54, 1.807) is 12.2 Å². The highest BCUT2D eigenvalue weighted by Crippen LogP contribution is 2.04. The van der Waals surface area contributed by atoms with Gasteiger partial charge < -0.3 is 0 Å². The molecule has 0 aliphatic carbocycles. The summed E-state index contributed by atoms with van der Waals surface area (Å²) < 4.78 is 0.973. The zero-order valence-electron chi connectivity index (χ0n) is 5.18. The van der Waals surface area contributed by atoms with Crippen LogP contribution in [-0.4, -0.2) is 0 Å². The van der Waals surface area contributed by atoms with Gasteiger partial charge in [0, 0.05) is 4.48 Å². The maximum atomic E-state index is 3.56. The van der Waals surface area contributed by atoms with E-state index in [-0.39, 0.29) is 0 Å². The van der Waals surface area contributed by atoms with Crippen LogP contribution in [0.2, 0.25) is 0 Å². The molecule has 0 aromatic heterocycles. The minimum atomic E-state index is 0.973. The second kappa shape index (κ2) is 5.57. The highest BCUT2D eigenvalue weighted by Gasteiger charge is 1.73. The van der Waals surface area contributed by atoms with Gasteiger partial charge in [-0.1, -0.05) is 53.4 Å². The van der Waals surface area contributed by atoms with E-state index < -0.39 is 0 Å². The standard InChI is InChI=1S/C8H9Br/c1-3-5-6-7-8(9)4-2/h3-7H,1-2H2/b6-5-,8-7+. The molecule has 0 atom stereocenters. The molecule has 48 valence electrons. The van der Waals surface area contributed by atoms with Crippen molar-refractivity contribution < 1.29 is 0 Å². The van der Waals surface area contributed by atoms with E-state index in [0.29, 0.717) is 0 Å². The number of hydrogen-bond acceptors (Lipinski definition) is 0. The molecule has 0 saturated heterocycles. The van der Waals surface area contributed by atoms with Gasteiger partial charge in [-0.3, -0.25) is 0 Å². The maximum Gasteiger partial charge on any atom is 0.0169 e. The fourth-order valence-corrected chi connectivity index (χ4v) is 0.447. The van der Waals surface area contributed by atoms with Crippen LogP contribution in [0.1, 0.15) is 0 Å². The van der Waals surface area contributed by atoms with Crippen LogP contribution in [0.5, 0.6) is 0 Å². The van der Waals surface area contributed by atoms with Crippen molar-refractivity contribution in [1.29, 1.82) is 0 Å². The Balaban J connectivity index is 3.81. The molecule has 0 aromatic rings. The van der Waals surface area contributed by atoms with Gasteiger partial charge >= 0.3 is 0 Å². The number of halogens is 1. The van der Waals surface area contributed by atoms with Crippen LogP contribution in [0.25, 0.3) is 0 Å². The molecule has 0 nitrogen and oxygen atoms in total. The van der Waals surface area contributed by atoms with Gasteiger partial charge in [-0.25, -0.2) is 0 Å². The summed E-state index contributed by atoms with van der Waals surface area (Å²) in [4.78, 5) is 0. The van der Waals surface area contributed by atoms with E-state index in [2.05, 4.69) is 29.1 Å². The average molecular weight is 185 g/mol. The molecule has 0 unspecified atom stereocenters. The van der Waals surface area contributed by atoms with Crippen molar-refractivity contribution in [2.24, 2.45) is 0 Å². The molecule has 0 fully saturated rings. The van der Waals surface area contributed by atoms with Crippen molar-refractivity contribution in [3.05, 3.63) is 48.0 Å². The highest BCUT2D eigenvalue weighted by molar-refractivity contribution is 9.11. The number of rotatable bonds is 3. The first-order valence-corrected chi connectivity index (χ1v) is 3.38. The van der Waals surface area contributed by atoms with Gasteiger partial charge in [-0.05, 0) is 6.08 Å². The first-order chi connectivity index (χ1) is 4.31. The van der Waals surface area contributed by atoms with Crippen LogP contribution in [0.4, 0.5) is 0 Å². The summed E-state index contributed by atoms with van der Waals surface area (Å²) in [5, 5.41) is 0. The Morgan fingerprint density at radius 3 is 2.33 bits per heavy atom. The summed E-state index contributed by atoms with van der Waals surface area (Å²) in [5.74, 6) is 0. The monoisotopic (exact) mass is 184 g/mol. The molecule has 0 amide bonds. The van der Waals surface area contributed by atoms with Crippen LogP contribution in [0.15, 0.2) is 48.0 Å². The third-order valence-electron chi connectivity index (χ3n) is 0.698. The lowest BCUT2D eigenvalue weighted by atomic mass is 10.4. The molecule has 0 heterocycles. The van der Waals surface area contributed by atoms with Gasteiger partial charge in [0.15, 0.2) is 0 Å². The van der Waals surface area contributed by atoms with Crippen molar-refractivity contribution in [2.45, 2.75) is 0 Å². The van der Waals surface area contributed by atoms with E-state index in [9.17, 15) is 0 Å². The molecule has 0 bridgehead atoms. The lowest BCUT2D eigenvalue weighted by Gasteiger charge is -1.79. The summed E-state index contributed by atoms with van der Waals surface area (Å²) in [6.45, 7) is 7.09. The second-order valence-electron chi connectivity index (χ2n) is 1.38. The summed E-state index contributed by atoms with van der Waals surface area (Å²) in [6, 6.07) is 0. The molecule has 0 spiro atoms. The summed E-state index contributed by atoms with van der Waals surface area (Å²) in [6.07, 6.45) is 9.09. The van der Waals surface area contributed by atoms with Gasteiger partial charge in [0.25, 0.3) is 0 Å². The minimum absolute atomic E-state index is 0.973. The molecule has 0 aromatic carbocycles. The highest BCUT2D eigenvalue weighted by atomic mass is 79.9. The summed E-state index contributed by atoms with van der Waals surface area (Å²) in [7, 11) is 0. The molecule has 0 N–H and O–H groups in total. The van der Waals surface area contributed by atoms with Gasteiger partial charge in [0.1, 0.15) is 0 Å². The van der Waals surface area contributed by atoms with Crippen molar-refractivity contribution in [3.8, 4) is 0 Å². The molecule has 0 saturated carbocycles. The smallest absolute Gasteiger partial charge is 0.0169 e. The van der Waals surface area contributed by atoms with Gasteiger partial charge in [-0.2, -0.15) is 0 Å². The van der Waals surface area contributed by atoms with Crippen LogP contribution >= 0.6 is 15.9 Å². The van der Waals surface area contributed by atoms with E-state index in [0.717, 1.165) is 4.48 Å². The van der Waals surface area contributed by atoms with Gasteiger partial charge in [0.2, 0.25) is 0 Å². The van der Waals surface area contributed by atoms with Crippen LogP contribution in [0.3, 0.4) is 0 Å². The maximum absolute atomic E-state index is 3.56. The van der Waals surface area contributed by atoms with E-state index in [1.165, 1.54) is 0 Å². The minimum Gasteiger partial charge on any atom is -0.0991 e. The van der Waals surface area contributed by atoms with E-state index >= 15 is 0 Å². The quantitative estimate of drug-likeness (QED) is 0.592. The zero-order chi connectivity index (χ0) is 7.11. The third-order valence-corrected chi connectivity index (χ3v) is 1.29. The van der Waals surface area contributed by atoms with Crippen molar-refractivity contribution in [3.63, 3.8) is 0 Å². The number of hydrogen-bond donors (Lipinski definition) is 0. The summed E-state index contributed by atoms with van der Waals surface area (Å²) in [5.41, 5.74) is 0. The van der Waals surface area contributed by atoms with Gasteiger partial charge in [-0.15, -0.1) is 0 Å². The molecule has 0 rings (SSSR count). The summed E-state index contributed by atoms with van der Waals surface area (Å²) >= 11 is 3.26. The fraction of sp³-hybridized carbons (Fsp3) is 0. The Hall–Kier alpha value is -0.560. The molecular formula is C8H9Br. The Morgan fingerprint density at radius 2 is 1.89 bits per heavy atom. The molecular weight excluding hydrogens is 176 g/mol. The second-order valence-corrected chi connectivity index (χ2v) is 2.29. The lowest BCUT2D eigenvalue weighted by Crippen LogP contribution is -1.55. The van der Waals surface area contributed by atoms with E-state index in [1.807, 2.05) is 18.2 Å². The fourth-order valence-electron chi connectivity index (χ4n) is 0.294. The first kappa shape index (κ1) is 8.44. The Labute approximate surface area is 64.4 Å². The third kappa shape index (κ3) is 5.31. The molecule has 0 aliphatic rings. The van der Waals surface area contributed by atoms with Crippen LogP contribution in [-0.2, 0) is 0 Å². The largest absolute Gasteiger partial charge is 0.0991 e. The van der Waals surface area contributed by atoms with Crippen molar-refractivity contribution in [1.82, 2.24) is 0 Å².